The van der Waals surface area contributed by atoms with Gasteiger partial charge in [0.05, 0.1) is 0 Å². The predicted octanol–water partition coefficient (Wildman–Crippen LogP) is 3.75. The number of piperidine rings is 1. The van der Waals surface area contributed by atoms with Gasteiger partial charge in [0.15, 0.2) is 0 Å². The van der Waals surface area contributed by atoms with Crippen molar-refractivity contribution in [1.29, 1.82) is 0 Å². The second-order valence-corrected chi connectivity index (χ2v) is 10.7. The Morgan fingerprint density at radius 2 is 1.61 bits per heavy atom. The van der Waals surface area contributed by atoms with Crippen molar-refractivity contribution in [2.75, 3.05) is 19.6 Å². The highest BCUT2D eigenvalue weighted by molar-refractivity contribution is 6.90. The molecule has 1 aromatic rings. The van der Waals surface area contributed by atoms with Gasteiger partial charge >= 0.3 is 0 Å². The molecular formula is C20H31NOSi. The molecule has 1 aliphatic carbocycles. The Morgan fingerprint density at radius 1 is 0.957 bits per heavy atom. The lowest BCUT2D eigenvalue weighted by Gasteiger charge is -2.34. The van der Waals surface area contributed by atoms with Gasteiger partial charge in [0.25, 0.3) is 0 Å². The molecule has 0 spiro atoms. The van der Waals surface area contributed by atoms with Crippen molar-refractivity contribution >= 4 is 13.5 Å². The van der Waals surface area contributed by atoms with Crippen molar-refractivity contribution in [3.8, 4) is 0 Å². The highest BCUT2D eigenvalue weighted by Gasteiger charge is 2.40. The maximum Gasteiger partial charge on any atom is 0.248 e. The van der Waals surface area contributed by atoms with E-state index in [2.05, 4.69) is 47.0 Å². The van der Waals surface area contributed by atoms with E-state index in [0.29, 0.717) is 5.54 Å². The summed E-state index contributed by atoms with van der Waals surface area (Å²) in [5, 5.41) is 1.20. The van der Waals surface area contributed by atoms with Crippen molar-refractivity contribution in [3.05, 3.63) is 42.1 Å². The summed E-state index contributed by atoms with van der Waals surface area (Å²) < 4.78 is 0. The Balaban J connectivity index is 1.74. The third-order valence-corrected chi connectivity index (χ3v) is 9.47. The van der Waals surface area contributed by atoms with Gasteiger partial charge in [-0.15, -0.1) is 0 Å². The number of hydrogen-bond donors (Lipinski definition) is 1. The molecule has 1 atom stereocenters. The largest absolute Gasteiger partial charge is 0.424 e. The summed E-state index contributed by atoms with van der Waals surface area (Å²) in [4.78, 5) is 14.2. The Hall–Kier alpha value is -0.903. The van der Waals surface area contributed by atoms with Crippen LogP contribution in [-0.2, 0) is 0 Å². The molecule has 23 heavy (non-hydrogen) atoms. The van der Waals surface area contributed by atoms with Gasteiger partial charge < -0.3 is 4.80 Å². The molecule has 126 valence electrons. The first-order valence-electron chi connectivity index (χ1n) is 9.47. The number of likely N-dealkylation sites (tertiary alicyclic amines) is 1. The van der Waals surface area contributed by atoms with Crippen LogP contribution >= 0.6 is 0 Å². The van der Waals surface area contributed by atoms with Crippen molar-refractivity contribution in [2.24, 2.45) is 0 Å². The number of hydrogen-bond acceptors (Lipinski definition) is 2. The number of rotatable bonds is 5. The first kappa shape index (κ1) is 16.9. The molecule has 2 fully saturated rings. The quantitative estimate of drug-likeness (QED) is 0.832. The molecule has 2 nitrogen and oxygen atoms in total. The van der Waals surface area contributed by atoms with E-state index in [0.717, 1.165) is 6.54 Å². The first-order chi connectivity index (χ1) is 11.3. The number of benzene rings is 1. The van der Waals surface area contributed by atoms with E-state index < -0.39 is 8.32 Å². The van der Waals surface area contributed by atoms with Crippen molar-refractivity contribution in [1.82, 2.24) is 4.90 Å². The van der Waals surface area contributed by atoms with E-state index in [1.807, 2.05) is 0 Å². The summed E-state index contributed by atoms with van der Waals surface area (Å²) in [6.07, 6.45) is 12.6. The topological polar surface area (TPSA) is 23.5 Å². The Bertz CT molecular complexity index is 492. The predicted molar refractivity (Wildman–Crippen MR) is 100 cm³/mol. The van der Waals surface area contributed by atoms with Crippen LogP contribution < -0.4 is 5.19 Å². The van der Waals surface area contributed by atoms with Crippen LogP contribution in [-0.4, -0.2) is 37.6 Å². The summed E-state index contributed by atoms with van der Waals surface area (Å²) in [5.41, 5.74) is 2.74. The zero-order valence-corrected chi connectivity index (χ0v) is 15.3. The fourth-order valence-electron chi connectivity index (χ4n) is 4.24. The Labute approximate surface area is 142 Å². The molecule has 0 aromatic heterocycles. The Kier molecular flexibility index (Phi) is 6.09. The molecule has 0 radical (unpaired) electrons. The zero-order chi connectivity index (χ0) is 16.0. The van der Waals surface area contributed by atoms with E-state index in [1.54, 1.807) is 0 Å². The highest BCUT2D eigenvalue weighted by Crippen LogP contribution is 2.36. The van der Waals surface area contributed by atoms with Gasteiger partial charge in [0, 0.05) is 6.54 Å². The van der Waals surface area contributed by atoms with Crippen LogP contribution in [0.1, 0.15) is 51.4 Å². The van der Waals surface area contributed by atoms with E-state index in [1.165, 1.54) is 69.6 Å². The second-order valence-electron chi connectivity index (χ2n) is 7.29. The van der Waals surface area contributed by atoms with Crippen molar-refractivity contribution < 1.29 is 4.80 Å². The summed E-state index contributed by atoms with van der Waals surface area (Å²) >= 11 is 0. The van der Waals surface area contributed by atoms with E-state index in [-0.39, 0.29) is 0 Å². The van der Waals surface area contributed by atoms with E-state index >= 15 is 0 Å². The molecule has 3 rings (SSSR count). The third kappa shape index (κ3) is 4.34. The lowest BCUT2D eigenvalue weighted by Crippen LogP contribution is -2.51. The maximum atomic E-state index is 11.7. The van der Waals surface area contributed by atoms with Gasteiger partial charge in [-0.2, -0.15) is 0 Å². The lowest BCUT2D eigenvalue weighted by atomic mass is 10.0. The summed E-state index contributed by atoms with van der Waals surface area (Å²) in [6.45, 7) is 3.45. The zero-order valence-electron chi connectivity index (χ0n) is 14.3. The molecule has 0 amide bonds. The highest BCUT2D eigenvalue weighted by atomic mass is 28.4. The van der Waals surface area contributed by atoms with Crippen LogP contribution in [0.25, 0.3) is 0 Å². The van der Waals surface area contributed by atoms with Gasteiger partial charge in [0.1, 0.15) is 0 Å². The molecule has 3 heteroatoms. The summed E-state index contributed by atoms with van der Waals surface area (Å²) in [7, 11) is -2.52. The fourth-order valence-corrected chi connectivity index (χ4v) is 7.65. The minimum Gasteiger partial charge on any atom is -0.424 e. The van der Waals surface area contributed by atoms with Crippen LogP contribution in [0, 0.1) is 0 Å². The molecule has 0 bridgehead atoms. The van der Waals surface area contributed by atoms with Crippen molar-refractivity contribution in [3.63, 3.8) is 0 Å². The molecule has 1 aliphatic heterocycles. The molecular weight excluding hydrogens is 298 g/mol. The number of nitrogens with zero attached hydrogens (tertiary/aromatic N) is 1. The molecule has 1 saturated carbocycles. The van der Waals surface area contributed by atoms with Gasteiger partial charge in [0.2, 0.25) is 8.32 Å². The van der Waals surface area contributed by atoms with E-state index in [9.17, 15) is 4.80 Å². The van der Waals surface area contributed by atoms with Crippen molar-refractivity contribution in [2.45, 2.75) is 56.9 Å². The average molecular weight is 330 g/mol. The third-order valence-electron chi connectivity index (χ3n) is 5.65. The van der Waals surface area contributed by atoms with Crippen LogP contribution in [0.2, 0.25) is 5.54 Å². The Morgan fingerprint density at radius 3 is 2.30 bits per heavy atom. The molecule has 1 N–H and O–H groups in total. The smallest absolute Gasteiger partial charge is 0.248 e. The molecule has 1 aromatic carbocycles. The molecule has 2 aliphatic rings. The van der Waals surface area contributed by atoms with Crippen LogP contribution in [0.4, 0.5) is 0 Å². The van der Waals surface area contributed by atoms with Gasteiger partial charge in [-0.3, -0.25) is 4.90 Å². The molecule has 1 heterocycles. The van der Waals surface area contributed by atoms with Crippen LogP contribution in [0.3, 0.4) is 0 Å². The SMILES string of the molecule is O[Si](/C=C/CN1CCCCC1)(c1ccccc1)C1CCCCC1. The minimum atomic E-state index is -2.52. The second kappa shape index (κ2) is 8.27. The van der Waals surface area contributed by atoms with Gasteiger partial charge in [-0.1, -0.05) is 80.6 Å². The molecule has 1 saturated heterocycles. The maximum absolute atomic E-state index is 11.7. The average Bonchev–Trinajstić information content (AvgIpc) is 2.64. The van der Waals surface area contributed by atoms with Gasteiger partial charge in [-0.05, 0) is 36.7 Å². The van der Waals surface area contributed by atoms with E-state index in [4.69, 9.17) is 0 Å². The normalized spacial score (nSPS) is 23.9. The molecule has 1 unspecified atom stereocenters. The van der Waals surface area contributed by atoms with Gasteiger partial charge in [-0.25, -0.2) is 0 Å². The minimum absolute atomic E-state index is 0.497. The standard InChI is InChI=1S/C20H31NOSi/c22-23(19-11-4-1-5-12-19,20-13-6-2-7-14-20)18-10-17-21-15-8-3-9-16-21/h1,4-5,10-12,18,20,22H,2-3,6-9,13-17H2/b18-10+. The summed E-state index contributed by atoms with van der Waals surface area (Å²) in [6, 6.07) is 10.5. The summed E-state index contributed by atoms with van der Waals surface area (Å²) in [5.74, 6) is 0. The monoisotopic (exact) mass is 329 g/mol. The fraction of sp³-hybridized carbons (Fsp3) is 0.600. The first-order valence-corrected chi connectivity index (χ1v) is 11.6. The van der Waals surface area contributed by atoms with Crippen LogP contribution in [0.15, 0.2) is 42.1 Å². The lowest BCUT2D eigenvalue weighted by molar-refractivity contribution is 0.251. The van der Waals surface area contributed by atoms with Crippen LogP contribution in [0.5, 0.6) is 0 Å².